The van der Waals surface area contributed by atoms with E-state index in [4.69, 9.17) is 4.74 Å². The molecular weight excluding hydrogens is 438 g/mol. The van der Waals surface area contributed by atoms with Crippen molar-refractivity contribution in [2.45, 2.75) is 19.9 Å². The molecule has 178 valence electrons. The number of likely N-dealkylation sites (tertiary alicyclic amines) is 1. The Bertz CT molecular complexity index is 1150. The molecule has 2 aromatic carbocycles. The molecule has 0 spiro atoms. The first-order chi connectivity index (χ1) is 16.3. The highest BCUT2D eigenvalue weighted by Gasteiger charge is 2.46. The standard InChI is InChI=1S/C25H27N3O6/c1-16-3-4-17(2)20(15-16)23(29)21-22(18-5-7-19(8-6-18)28(32)33)27(25(31)24(21)30)10-9-26-11-13-34-14-12-26/h3-8,15,22,29H,9-14H2,1-2H3/t22-/m1/s1. The zero-order valence-corrected chi connectivity index (χ0v) is 19.2. The normalized spacial score (nSPS) is 20.6. The minimum atomic E-state index is -0.846. The number of nitro benzene ring substituents is 1. The topological polar surface area (TPSA) is 113 Å². The lowest BCUT2D eigenvalue weighted by molar-refractivity contribution is -0.384. The molecule has 4 rings (SSSR count). The van der Waals surface area contributed by atoms with Gasteiger partial charge in [-0.2, -0.15) is 0 Å². The number of ketones is 1. The van der Waals surface area contributed by atoms with Crippen molar-refractivity contribution in [2.24, 2.45) is 0 Å². The zero-order chi connectivity index (χ0) is 24.4. The van der Waals surface area contributed by atoms with Crippen LogP contribution in [0, 0.1) is 24.0 Å². The minimum absolute atomic E-state index is 0.00506. The van der Waals surface area contributed by atoms with Crippen molar-refractivity contribution in [3.8, 4) is 0 Å². The number of carbonyl (C=O) groups is 2. The number of aliphatic hydroxyl groups excluding tert-OH is 1. The molecule has 0 aliphatic carbocycles. The summed E-state index contributed by atoms with van der Waals surface area (Å²) in [5, 5.41) is 22.4. The molecule has 1 amide bonds. The van der Waals surface area contributed by atoms with Crippen LogP contribution in [-0.4, -0.2) is 70.9 Å². The first kappa shape index (κ1) is 23.6. The van der Waals surface area contributed by atoms with E-state index in [1.165, 1.54) is 29.2 Å². The number of Topliss-reactive ketones (excluding diaryl/α,β-unsaturated/α-hetero) is 1. The van der Waals surface area contributed by atoms with Crippen molar-refractivity contribution in [1.82, 2.24) is 9.80 Å². The van der Waals surface area contributed by atoms with Gasteiger partial charge in [-0.3, -0.25) is 24.6 Å². The number of nitro groups is 1. The minimum Gasteiger partial charge on any atom is -0.507 e. The molecule has 2 fully saturated rings. The highest BCUT2D eigenvalue weighted by atomic mass is 16.6. The second-order valence-electron chi connectivity index (χ2n) is 8.61. The molecule has 2 aliphatic rings. The lowest BCUT2D eigenvalue weighted by Gasteiger charge is -2.31. The molecule has 0 saturated carbocycles. The number of hydrogen-bond acceptors (Lipinski definition) is 7. The Morgan fingerprint density at radius 2 is 1.76 bits per heavy atom. The van der Waals surface area contributed by atoms with Gasteiger partial charge in [0.05, 0.1) is 29.8 Å². The Hall–Kier alpha value is -3.56. The number of ether oxygens (including phenoxy) is 1. The van der Waals surface area contributed by atoms with Crippen molar-refractivity contribution in [2.75, 3.05) is 39.4 Å². The first-order valence-electron chi connectivity index (χ1n) is 11.2. The Labute approximate surface area is 197 Å². The van der Waals surface area contributed by atoms with E-state index >= 15 is 0 Å². The van der Waals surface area contributed by atoms with Crippen molar-refractivity contribution in [1.29, 1.82) is 0 Å². The van der Waals surface area contributed by atoms with Gasteiger partial charge in [-0.25, -0.2) is 0 Å². The summed E-state index contributed by atoms with van der Waals surface area (Å²) in [5.41, 5.74) is 2.58. The molecule has 2 saturated heterocycles. The zero-order valence-electron chi connectivity index (χ0n) is 19.2. The van der Waals surface area contributed by atoms with E-state index in [-0.39, 0.29) is 23.6 Å². The van der Waals surface area contributed by atoms with E-state index in [1.807, 2.05) is 26.0 Å². The maximum absolute atomic E-state index is 13.2. The summed E-state index contributed by atoms with van der Waals surface area (Å²) in [5.74, 6) is -1.69. The number of carbonyl (C=O) groups excluding carboxylic acids is 2. The third kappa shape index (κ3) is 4.57. The Balaban J connectivity index is 1.78. The van der Waals surface area contributed by atoms with Gasteiger partial charge >= 0.3 is 0 Å². The van der Waals surface area contributed by atoms with Crippen LogP contribution in [0.15, 0.2) is 48.0 Å². The molecule has 2 heterocycles. The second kappa shape index (κ2) is 9.74. The summed E-state index contributed by atoms with van der Waals surface area (Å²) >= 11 is 0. The summed E-state index contributed by atoms with van der Waals surface area (Å²) < 4.78 is 5.38. The molecule has 0 aromatic heterocycles. The van der Waals surface area contributed by atoms with Gasteiger partial charge in [0.25, 0.3) is 17.4 Å². The van der Waals surface area contributed by atoms with E-state index in [2.05, 4.69) is 4.90 Å². The van der Waals surface area contributed by atoms with Crippen LogP contribution in [0.25, 0.3) is 5.76 Å². The number of amides is 1. The summed E-state index contributed by atoms with van der Waals surface area (Å²) in [6, 6.07) is 10.4. The first-order valence-corrected chi connectivity index (χ1v) is 11.2. The lowest BCUT2D eigenvalue weighted by atomic mass is 9.93. The largest absolute Gasteiger partial charge is 0.507 e. The van der Waals surface area contributed by atoms with Gasteiger partial charge < -0.3 is 14.7 Å². The number of aryl methyl sites for hydroxylation is 2. The SMILES string of the molecule is Cc1ccc(C)c(C(O)=C2C(=O)C(=O)N(CCN3CCOCC3)[C@@H]2c2ccc([N+](=O)[O-])cc2)c1. The fourth-order valence-electron chi connectivity index (χ4n) is 4.45. The predicted octanol–water partition coefficient (Wildman–Crippen LogP) is 2.97. The Morgan fingerprint density at radius 1 is 1.09 bits per heavy atom. The molecule has 34 heavy (non-hydrogen) atoms. The molecule has 2 aromatic rings. The lowest BCUT2D eigenvalue weighted by Crippen LogP contribution is -2.42. The van der Waals surface area contributed by atoms with E-state index in [0.29, 0.717) is 30.9 Å². The monoisotopic (exact) mass is 465 g/mol. The average Bonchev–Trinajstić information content (AvgIpc) is 3.09. The number of hydrogen-bond donors (Lipinski definition) is 1. The van der Waals surface area contributed by atoms with Gasteiger partial charge in [0.15, 0.2) is 0 Å². The van der Waals surface area contributed by atoms with Crippen molar-refractivity contribution in [3.63, 3.8) is 0 Å². The number of morpholine rings is 1. The average molecular weight is 466 g/mol. The molecule has 9 heteroatoms. The van der Waals surface area contributed by atoms with Crippen LogP contribution in [0.2, 0.25) is 0 Å². The van der Waals surface area contributed by atoms with Crippen LogP contribution in [0.5, 0.6) is 0 Å². The maximum atomic E-state index is 13.2. The Morgan fingerprint density at radius 3 is 2.41 bits per heavy atom. The van der Waals surface area contributed by atoms with Crippen LogP contribution in [-0.2, 0) is 14.3 Å². The van der Waals surface area contributed by atoms with Crippen LogP contribution >= 0.6 is 0 Å². The number of nitrogens with zero attached hydrogens (tertiary/aromatic N) is 3. The fraction of sp³-hybridized carbons (Fsp3) is 0.360. The van der Waals surface area contributed by atoms with Crippen LogP contribution in [0.1, 0.15) is 28.3 Å². The molecule has 0 radical (unpaired) electrons. The summed E-state index contributed by atoms with van der Waals surface area (Å²) in [6.45, 7) is 7.20. The van der Waals surface area contributed by atoms with E-state index in [0.717, 1.165) is 24.2 Å². The predicted molar refractivity (Wildman–Crippen MR) is 125 cm³/mol. The van der Waals surface area contributed by atoms with Gasteiger partial charge in [-0.15, -0.1) is 0 Å². The van der Waals surface area contributed by atoms with E-state index < -0.39 is 22.7 Å². The third-order valence-corrected chi connectivity index (χ3v) is 6.37. The van der Waals surface area contributed by atoms with Gasteiger partial charge in [0.1, 0.15) is 5.76 Å². The molecule has 2 aliphatic heterocycles. The fourth-order valence-corrected chi connectivity index (χ4v) is 4.45. The van der Waals surface area contributed by atoms with Crippen molar-refractivity contribution >= 4 is 23.1 Å². The number of rotatable bonds is 6. The molecule has 9 nitrogen and oxygen atoms in total. The summed E-state index contributed by atoms with van der Waals surface area (Å²) in [4.78, 5) is 40.5. The smallest absolute Gasteiger partial charge is 0.295 e. The summed E-state index contributed by atoms with van der Waals surface area (Å²) in [7, 11) is 0. The molecular formula is C25H27N3O6. The number of non-ortho nitro benzene ring substituents is 1. The molecule has 0 unspecified atom stereocenters. The van der Waals surface area contributed by atoms with Gasteiger partial charge in [0.2, 0.25) is 0 Å². The number of benzene rings is 2. The highest BCUT2D eigenvalue weighted by molar-refractivity contribution is 6.46. The van der Waals surface area contributed by atoms with Crippen molar-refractivity contribution < 1.29 is 24.4 Å². The van der Waals surface area contributed by atoms with Crippen LogP contribution in [0.3, 0.4) is 0 Å². The number of aliphatic hydroxyl groups is 1. The maximum Gasteiger partial charge on any atom is 0.295 e. The van der Waals surface area contributed by atoms with Gasteiger partial charge in [0, 0.05) is 43.9 Å². The molecule has 1 N–H and O–H groups in total. The quantitative estimate of drug-likeness (QED) is 0.229. The van der Waals surface area contributed by atoms with E-state index in [9.17, 15) is 24.8 Å². The summed E-state index contributed by atoms with van der Waals surface area (Å²) in [6.07, 6.45) is 0. The Kier molecular flexibility index (Phi) is 6.76. The van der Waals surface area contributed by atoms with E-state index in [1.54, 1.807) is 6.07 Å². The van der Waals surface area contributed by atoms with Crippen LogP contribution in [0.4, 0.5) is 5.69 Å². The third-order valence-electron chi connectivity index (χ3n) is 6.37. The van der Waals surface area contributed by atoms with Gasteiger partial charge in [-0.1, -0.05) is 17.7 Å². The highest BCUT2D eigenvalue weighted by Crippen LogP contribution is 2.40. The van der Waals surface area contributed by atoms with Crippen LogP contribution < -0.4 is 0 Å². The second-order valence-corrected chi connectivity index (χ2v) is 8.61. The molecule has 1 atom stereocenters. The van der Waals surface area contributed by atoms with Gasteiger partial charge in [-0.05, 0) is 43.2 Å². The molecule has 0 bridgehead atoms. The van der Waals surface area contributed by atoms with Crippen molar-refractivity contribution in [3.05, 3.63) is 80.4 Å².